The third-order valence-corrected chi connectivity index (χ3v) is 2.47. The van der Waals surface area contributed by atoms with Crippen molar-refractivity contribution in [3.63, 3.8) is 0 Å². The molecule has 0 radical (unpaired) electrons. The van der Waals surface area contributed by atoms with Crippen molar-refractivity contribution < 1.29 is 8.78 Å². The number of halogens is 2. The first kappa shape index (κ1) is 11.5. The minimum atomic E-state index is -0.558. The van der Waals surface area contributed by atoms with Crippen molar-refractivity contribution in [3.8, 4) is 11.1 Å². The summed E-state index contributed by atoms with van der Waals surface area (Å²) < 4.78 is 26.1. The monoisotopic (exact) mass is 230 g/mol. The Kier molecular flexibility index (Phi) is 3.33. The van der Waals surface area contributed by atoms with Gasteiger partial charge in [-0.25, -0.2) is 8.78 Å². The van der Waals surface area contributed by atoms with Crippen LogP contribution < -0.4 is 0 Å². The highest BCUT2D eigenvalue weighted by Gasteiger charge is 2.02. The fourth-order valence-electron chi connectivity index (χ4n) is 1.70. The first-order valence-corrected chi connectivity index (χ1v) is 5.38. The minimum absolute atomic E-state index is 0.550. The van der Waals surface area contributed by atoms with Gasteiger partial charge in [-0.15, -0.1) is 0 Å². The van der Waals surface area contributed by atoms with E-state index in [2.05, 4.69) is 0 Å². The molecule has 2 aromatic rings. The Bertz CT molecular complexity index is 519. The third kappa shape index (κ3) is 2.78. The predicted octanol–water partition coefficient (Wildman–Crippen LogP) is 4.66. The van der Waals surface area contributed by atoms with Gasteiger partial charge >= 0.3 is 0 Å². The van der Waals surface area contributed by atoms with Gasteiger partial charge in [-0.1, -0.05) is 36.4 Å². The maximum Gasteiger partial charge on any atom is 0.126 e. The molecule has 0 aliphatic rings. The van der Waals surface area contributed by atoms with Crippen molar-refractivity contribution in [1.82, 2.24) is 0 Å². The van der Waals surface area contributed by atoms with Crippen LogP contribution >= 0.6 is 0 Å². The molecule has 2 rings (SSSR count). The van der Waals surface area contributed by atoms with E-state index in [1.165, 1.54) is 12.1 Å². The maximum absolute atomic E-state index is 13.1. The Morgan fingerprint density at radius 1 is 0.824 bits per heavy atom. The molecular weight excluding hydrogens is 218 g/mol. The SMILES string of the molecule is C/C=C/c1ccc(-c2cc(F)cc(F)c2)cc1. The zero-order chi connectivity index (χ0) is 12.3. The van der Waals surface area contributed by atoms with Crippen LogP contribution in [-0.4, -0.2) is 0 Å². The third-order valence-electron chi connectivity index (χ3n) is 2.47. The summed E-state index contributed by atoms with van der Waals surface area (Å²) in [4.78, 5) is 0. The van der Waals surface area contributed by atoms with Crippen molar-refractivity contribution >= 4 is 6.08 Å². The molecule has 0 nitrogen and oxygen atoms in total. The molecule has 0 amide bonds. The first-order valence-electron chi connectivity index (χ1n) is 5.38. The van der Waals surface area contributed by atoms with Crippen LogP contribution in [0.25, 0.3) is 17.2 Å². The van der Waals surface area contributed by atoms with E-state index in [1.54, 1.807) is 0 Å². The largest absolute Gasteiger partial charge is 0.207 e. The molecule has 0 aromatic heterocycles. The highest BCUT2D eigenvalue weighted by atomic mass is 19.1. The van der Waals surface area contributed by atoms with Gasteiger partial charge in [-0.05, 0) is 35.7 Å². The fourth-order valence-corrected chi connectivity index (χ4v) is 1.70. The second-order valence-corrected chi connectivity index (χ2v) is 3.78. The van der Waals surface area contributed by atoms with Gasteiger partial charge in [0.05, 0.1) is 0 Å². The van der Waals surface area contributed by atoms with Crippen LogP contribution in [0.2, 0.25) is 0 Å². The Morgan fingerprint density at radius 3 is 1.94 bits per heavy atom. The zero-order valence-electron chi connectivity index (χ0n) is 9.45. The van der Waals surface area contributed by atoms with E-state index in [-0.39, 0.29) is 0 Å². The highest BCUT2D eigenvalue weighted by Crippen LogP contribution is 2.22. The van der Waals surface area contributed by atoms with Crippen LogP contribution in [0.1, 0.15) is 12.5 Å². The quantitative estimate of drug-likeness (QED) is 0.703. The number of rotatable bonds is 2. The number of hydrogen-bond acceptors (Lipinski definition) is 0. The summed E-state index contributed by atoms with van der Waals surface area (Å²) in [6.45, 7) is 1.94. The van der Waals surface area contributed by atoms with Crippen molar-refractivity contribution in [3.05, 3.63) is 65.7 Å². The van der Waals surface area contributed by atoms with E-state index in [1.807, 2.05) is 43.3 Å². The van der Waals surface area contributed by atoms with E-state index < -0.39 is 11.6 Å². The molecule has 86 valence electrons. The molecule has 0 bridgehead atoms. The van der Waals surface area contributed by atoms with Crippen molar-refractivity contribution in [2.45, 2.75) is 6.92 Å². The highest BCUT2D eigenvalue weighted by molar-refractivity contribution is 5.65. The van der Waals surface area contributed by atoms with Crippen LogP contribution in [0.4, 0.5) is 8.78 Å². The summed E-state index contributed by atoms with van der Waals surface area (Å²) in [7, 11) is 0. The molecule has 0 fully saturated rings. The number of benzene rings is 2. The summed E-state index contributed by atoms with van der Waals surface area (Å²) in [5.41, 5.74) is 2.42. The lowest BCUT2D eigenvalue weighted by Crippen LogP contribution is -1.84. The fraction of sp³-hybridized carbons (Fsp3) is 0.0667. The molecule has 0 atom stereocenters. The van der Waals surface area contributed by atoms with Crippen molar-refractivity contribution in [2.24, 2.45) is 0 Å². The van der Waals surface area contributed by atoms with Crippen molar-refractivity contribution in [1.29, 1.82) is 0 Å². The average molecular weight is 230 g/mol. The van der Waals surface area contributed by atoms with E-state index >= 15 is 0 Å². The van der Waals surface area contributed by atoms with E-state index in [0.717, 1.165) is 17.2 Å². The van der Waals surface area contributed by atoms with Gasteiger partial charge in [-0.2, -0.15) is 0 Å². The topological polar surface area (TPSA) is 0 Å². The Hall–Kier alpha value is -1.96. The normalized spacial score (nSPS) is 11.0. The van der Waals surface area contributed by atoms with Gasteiger partial charge in [-0.3, -0.25) is 0 Å². The molecule has 0 saturated carbocycles. The molecule has 17 heavy (non-hydrogen) atoms. The molecule has 2 aromatic carbocycles. The maximum atomic E-state index is 13.1. The molecule has 2 heteroatoms. The van der Waals surface area contributed by atoms with Crippen LogP contribution in [0, 0.1) is 11.6 Å². The van der Waals surface area contributed by atoms with Crippen LogP contribution in [0.5, 0.6) is 0 Å². The molecule has 0 heterocycles. The molecule has 0 aliphatic heterocycles. The molecule has 0 unspecified atom stereocenters. The van der Waals surface area contributed by atoms with Gasteiger partial charge < -0.3 is 0 Å². The van der Waals surface area contributed by atoms with Crippen molar-refractivity contribution in [2.75, 3.05) is 0 Å². The number of allylic oxidation sites excluding steroid dienone is 1. The summed E-state index contributed by atoms with van der Waals surface area (Å²) in [5, 5.41) is 0. The summed E-state index contributed by atoms with van der Waals surface area (Å²) in [5.74, 6) is -1.12. The first-order chi connectivity index (χ1) is 8.19. The van der Waals surface area contributed by atoms with E-state index in [4.69, 9.17) is 0 Å². The Balaban J connectivity index is 2.39. The lowest BCUT2D eigenvalue weighted by Gasteiger charge is -2.03. The van der Waals surface area contributed by atoms with Gasteiger partial charge in [0.25, 0.3) is 0 Å². The average Bonchev–Trinajstić information content (AvgIpc) is 2.29. The predicted molar refractivity (Wildman–Crippen MR) is 66.5 cm³/mol. The van der Waals surface area contributed by atoms with Crippen LogP contribution in [0.15, 0.2) is 48.5 Å². The van der Waals surface area contributed by atoms with Crippen LogP contribution in [-0.2, 0) is 0 Å². The Labute approximate surface area is 99.2 Å². The standard InChI is InChI=1S/C15H12F2/c1-2-3-11-4-6-12(7-5-11)13-8-14(16)10-15(17)9-13/h2-10H,1H3/b3-2+. The summed E-state index contributed by atoms with van der Waals surface area (Å²) in [6, 6.07) is 11.1. The van der Waals surface area contributed by atoms with E-state index in [9.17, 15) is 8.78 Å². The van der Waals surface area contributed by atoms with Gasteiger partial charge in [0.1, 0.15) is 11.6 Å². The lowest BCUT2D eigenvalue weighted by atomic mass is 10.0. The number of hydrogen-bond donors (Lipinski definition) is 0. The molecule has 0 spiro atoms. The zero-order valence-corrected chi connectivity index (χ0v) is 9.45. The molecule has 0 aliphatic carbocycles. The minimum Gasteiger partial charge on any atom is -0.207 e. The Morgan fingerprint density at radius 2 is 1.41 bits per heavy atom. The molecule has 0 saturated heterocycles. The second-order valence-electron chi connectivity index (χ2n) is 3.78. The summed E-state index contributed by atoms with van der Waals surface area (Å²) >= 11 is 0. The van der Waals surface area contributed by atoms with Gasteiger partial charge in [0.2, 0.25) is 0 Å². The lowest BCUT2D eigenvalue weighted by molar-refractivity contribution is 0.584. The second kappa shape index (κ2) is 4.91. The molecule has 0 N–H and O–H groups in total. The van der Waals surface area contributed by atoms with Crippen LogP contribution in [0.3, 0.4) is 0 Å². The van der Waals surface area contributed by atoms with Gasteiger partial charge in [0, 0.05) is 6.07 Å². The smallest absolute Gasteiger partial charge is 0.126 e. The molecular formula is C15H12F2. The van der Waals surface area contributed by atoms with E-state index in [0.29, 0.717) is 5.56 Å². The van der Waals surface area contributed by atoms with Gasteiger partial charge in [0.15, 0.2) is 0 Å². The summed E-state index contributed by atoms with van der Waals surface area (Å²) in [6.07, 6.45) is 3.91.